The van der Waals surface area contributed by atoms with E-state index in [1.807, 2.05) is 38.1 Å². The van der Waals surface area contributed by atoms with Crippen molar-refractivity contribution in [3.8, 4) is 6.07 Å². The van der Waals surface area contributed by atoms with E-state index in [4.69, 9.17) is 5.26 Å². The highest BCUT2D eigenvalue weighted by molar-refractivity contribution is 5.34. The third-order valence-electron chi connectivity index (χ3n) is 3.36. The molecule has 0 aliphatic carbocycles. The van der Waals surface area contributed by atoms with Crippen LogP contribution in [0.25, 0.3) is 0 Å². The molecule has 2 nitrogen and oxygen atoms in total. The molecule has 0 saturated heterocycles. The van der Waals surface area contributed by atoms with Crippen LogP contribution in [0.3, 0.4) is 0 Å². The molecule has 102 valence electrons. The molecule has 0 heterocycles. The van der Waals surface area contributed by atoms with E-state index in [1.54, 1.807) is 12.1 Å². The van der Waals surface area contributed by atoms with Gasteiger partial charge in [-0.25, -0.2) is 4.39 Å². The summed E-state index contributed by atoms with van der Waals surface area (Å²) in [5.74, 6) is -0.227. The molecule has 0 saturated carbocycles. The first-order valence-electron chi connectivity index (χ1n) is 6.61. The molecule has 0 amide bonds. The number of benzene rings is 2. The summed E-state index contributed by atoms with van der Waals surface area (Å²) in [4.78, 5) is 0. The van der Waals surface area contributed by atoms with Gasteiger partial charge in [0.15, 0.2) is 0 Å². The fraction of sp³-hybridized carbons (Fsp3) is 0.235. The number of nitriles is 1. The van der Waals surface area contributed by atoms with Crippen LogP contribution >= 0.6 is 0 Å². The van der Waals surface area contributed by atoms with Crippen LogP contribution in [-0.4, -0.2) is 0 Å². The first-order valence-corrected chi connectivity index (χ1v) is 6.61. The Morgan fingerprint density at radius 2 is 1.60 bits per heavy atom. The monoisotopic (exact) mass is 268 g/mol. The molecule has 1 N–H and O–H groups in total. The largest absolute Gasteiger partial charge is 0.304 e. The lowest BCUT2D eigenvalue weighted by molar-refractivity contribution is 0.492. The fourth-order valence-corrected chi connectivity index (χ4v) is 2.22. The molecule has 0 aliphatic heterocycles. The smallest absolute Gasteiger partial charge is 0.123 e. The van der Waals surface area contributed by atoms with Crippen molar-refractivity contribution < 1.29 is 4.39 Å². The Morgan fingerprint density at radius 3 is 2.20 bits per heavy atom. The van der Waals surface area contributed by atoms with Gasteiger partial charge < -0.3 is 5.32 Å². The van der Waals surface area contributed by atoms with Crippen molar-refractivity contribution in [2.24, 2.45) is 0 Å². The van der Waals surface area contributed by atoms with E-state index < -0.39 is 0 Å². The summed E-state index contributed by atoms with van der Waals surface area (Å²) in [6, 6.07) is 16.4. The van der Waals surface area contributed by atoms with Gasteiger partial charge in [-0.2, -0.15) is 5.26 Å². The lowest BCUT2D eigenvalue weighted by atomic mass is 10.0. The predicted octanol–water partition coefficient (Wildman–Crippen LogP) is 4.11. The number of hydrogen-bond donors (Lipinski definition) is 1. The van der Waals surface area contributed by atoms with Crippen LogP contribution < -0.4 is 5.32 Å². The Morgan fingerprint density at radius 1 is 1.00 bits per heavy atom. The van der Waals surface area contributed by atoms with Crippen LogP contribution in [0.1, 0.15) is 42.6 Å². The highest BCUT2D eigenvalue weighted by Crippen LogP contribution is 2.20. The number of rotatable bonds is 4. The topological polar surface area (TPSA) is 35.8 Å². The number of nitrogens with zero attached hydrogens (tertiary/aromatic N) is 1. The Bertz CT molecular complexity index is 631. The Balaban J connectivity index is 2.11. The van der Waals surface area contributed by atoms with E-state index in [9.17, 15) is 4.39 Å². The van der Waals surface area contributed by atoms with Gasteiger partial charge in [-0.1, -0.05) is 24.3 Å². The molecule has 20 heavy (non-hydrogen) atoms. The van der Waals surface area contributed by atoms with Crippen molar-refractivity contribution in [3.05, 3.63) is 71.0 Å². The fourth-order valence-electron chi connectivity index (χ4n) is 2.22. The number of hydrogen-bond acceptors (Lipinski definition) is 2. The molecule has 0 aromatic heterocycles. The first-order chi connectivity index (χ1) is 9.60. The first kappa shape index (κ1) is 14.2. The summed E-state index contributed by atoms with van der Waals surface area (Å²) in [6.07, 6.45) is 0. The average Bonchev–Trinajstić information content (AvgIpc) is 2.47. The van der Waals surface area contributed by atoms with Crippen LogP contribution in [0.2, 0.25) is 0 Å². The third kappa shape index (κ3) is 3.43. The lowest BCUT2D eigenvalue weighted by Crippen LogP contribution is -2.22. The van der Waals surface area contributed by atoms with Gasteiger partial charge in [-0.3, -0.25) is 0 Å². The summed E-state index contributed by atoms with van der Waals surface area (Å²) in [5.41, 5.74) is 2.61. The Labute approximate surface area is 118 Å². The van der Waals surface area contributed by atoms with Crippen molar-refractivity contribution in [2.75, 3.05) is 0 Å². The minimum atomic E-state index is -0.227. The number of halogens is 1. The van der Waals surface area contributed by atoms with Gasteiger partial charge in [-0.05, 0) is 49.2 Å². The van der Waals surface area contributed by atoms with Crippen molar-refractivity contribution >= 4 is 0 Å². The predicted molar refractivity (Wildman–Crippen MR) is 77.5 cm³/mol. The van der Waals surface area contributed by atoms with Crippen molar-refractivity contribution in [1.29, 1.82) is 5.26 Å². The summed E-state index contributed by atoms with van der Waals surface area (Å²) >= 11 is 0. The van der Waals surface area contributed by atoms with Gasteiger partial charge in [0.25, 0.3) is 0 Å². The van der Waals surface area contributed by atoms with E-state index >= 15 is 0 Å². The molecule has 0 radical (unpaired) electrons. The Hall–Kier alpha value is -2.18. The zero-order valence-electron chi connectivity index (χ0n) is 11.6. The van der Waals surface area contributed by atoms with Crippen LogP contribution in [0.4, 0.5) is 4.39 Å². The molecular formula is C17H17FN2. The van der Waals surface area contributed by atoms with Crippen molar-refractivity contribution in [2.45, 2.75) is 25.9 Å². The van der Waals surface area contributed by atoms with Crippen LogP contribution in [0.5, 0.6) is 0 Å². The normalized spacial score (nSPS) is 13.5. The van der Waals surface area contributed by atoms with Crippen molar-refractivity contribution in [1.82, 2.24) is 5.32 Å². The maximum atomic E-state index is 13.2. The van der Waals surface area contributed by atoms with E-state index in [0.29, 0.717) is 5.56 Å². The van der Waals surface area contributed by atoms with Crippen LogP contribution in [0.15, 0.2) is 48.5 Å². The summed E-state index contributed by atoms with van der Waals surface area (Å²) in [7, 11) is 0. The molecular weight excluding hydrogens is 251 g/mol. The molecule has 1 unspecified atom stereocenters. The van der Waals surface area contributed by atoms with E-state index in [-0.39, 0.29) is 17.9 Å². The Kier molecular flexibility index (Phi) is 4.49. The summed E-state index contributed by atoms with van der Waals surface area (Å²) in [6.45, 7) is 4.03. The van der Waals surface area contributed by atoms with E-state index in [2.05, 4.69) is 11.4 Å². The van der Waals surface area contributed by atoms with Gasteiger partial charge in [0.2, 0.25) is 0 Å². The number of nitrogens with one attached hydrogen (secondary N) is 1. The van der Waals surface area contributed by atoms with Gasteiger partial charge in [0, 0.05) is 12.1 Å². The molecule has 0 fully saturated rings. The second-order valence-electron chi connectivity index (χ2n) is 4.90. The molecule has 0 spiro atoms. The molecule has 2 rings (SSSR count). The van der Waals surface area contributed by atoms with Crippen molar-refractivity contribution in [3.63, 3.8) is 0 Å². The maximum Gasteiger partial charge on any atom is 0.123 e. The van der Waals surface area contributed by atoms with Gasteiger partial charge >= 0.3 is 0 Å². The van der Waals surface area contributed by atoms with Gasteiger partial charge in [0.1, 0.15) is 5.82 Å². The van der Waals surface area contributed by atoms with Crippen LogP contribution in [-0.2, 0) is 0 Å². The van der Waals surface area contributed by atoms with E-state index in [1.165, 1.54) is 12.1 Å². The minimum absolute atomic E-state index is 0.0337. The molecule has 2 atom stereocenters. The second kappa shape index (κ2) is 6.31. The minimum Gasteiger partial charge on any atom is -0.304 e. The zero-order valence-corrected chi connectivity index (χ0v) is 11.6. The third-order valence-corrected chi connectivity index (χ3v) is 3.36. The standard InChI is InChI=1S/C17H17FN2/c1-12(15-6-3-5-14(9-15)11-19)20-13(2)16-7-4-8-17(18)10-16/h3-10,12-13,20H,1-2H3/t12?,13-/m1/s1. The summed E-state index contributed by atoms with van der Waals surface area (Å²) in [5, 5.41) is 12.3. The second-order valence-corrected chi connectivity index (χ2v) is 4.90. The van der Waals surface area contributed by atoms with Gasteiger partial charge in [-0.15, -0.1) is 0 Å². The SMILES string of the molecule is CC(N[C@H](C)c1cccc(F)c1)c1cccc(C#N)c1. The molecule has 2 aromatic carbocycles. The maximum absolute atomic E-state index is 13.2. The van der Waals surface area contributed by atoms with Gasteiger partial charge in [0.05, 0.1) is 11.6 Å². The van der Waals surface area contributed by atoms with E-state index in [0.717, 1.165) is 11.1 Å². The highest BCUT2D eigenvalue weighted by atomic mass is 19.1. The average molecular weight is 268 g/mol. The summed E-state index contributed by atoms with van der Waals surface area (Å²) < 4.78 is 13.2. The molecule has 0 bridgehead atoms. The highest BCUT2D eigenvalue weighted by Gasteiger charge is 2.12. The molecule has 0 aliphatic rings. The molecule has 2 aromatic rings. The van der Waals surface area contributed by atoms with Crippen LogP contribution in [0, 0.1) is 17.1 Å². The lowest BCUT2D eigenvalue weighted by Gasteiger charge is -2.21. The zero-order chi connectivity index (χ0) is 14.5. The molecule has 3 heteroatoms. The quantitative estimate of drug-likeness (QED) is 0.905.